The molecule has 6 nitrogen and oxygen atoms in total. The van der Waals surface area contributed by atoms with E-state index < -0.39 is 9.84 Å². The molecule has 0 saturated heterocycles. The van der Waals surface area contributed by atoms with E-state index in [1.807, 2.05) is 0 Å². The van der Waals surface area contributed by atoms with Crippen LogP contribution in [0.3, 0.4) is 0 Å². The molecule has 0 bridgehead atoms. The Morgan fingerprint density at radius 1 is 0.462 bits per heavy atom. The summed E-state index contributed by atoms with van der Waals surface area (Å²) in [5, 5.41) is 0. The molecule has 0 saturated carbocycles. The van der Waals surface area contributed by atoms with E-state index in [-0.39, 0.29) is 11.7 Å². The molecule has 0 aromatic heterocycles. The Kier molecular flexibility index (Phi) is 30.6. The van der Waals surface area contributed by atoms with Crippen molar-refractivity contribution in [3.8, 4) is 0 Å². The van der Waals surface area contributed by atoms with Gasteiger partial charge in [-0.05, 0) is 32.1 Å². The van der Waals surface area contributed by atoms with Gasteiger partial charge in [-0.25, -0.2) is 8.42 Å². The van der Waals surface area contributed by atoms with Gasteiger partial charge in [-0.2, -0.15) is 0 Å². The third-order valence-corrected chi connectivity index (χ3v) is 8.36. The fourth-order valence-electron chi connectivity index (χ4n) is 4.82. The highest BCUT2D eigenvalue weighted by molar-refractivity contribution is 7.90. The van der Waals surface area contributed by atoms with Crippen molar-refractivity contribution in [2.24, 2.45) is 5.92 Å². The van der Waals surface area contributed by atoms with Gasteiger partial charge in [-0.3, -0.25) is 0 Å². The second kappa shape index (κ2) is 30.7. The van der Waals surface area contributed by atoms with Crippen LogP contribution >= 0.6 is 0 Å². The molecule has 39 heavy (non-hydrogen) atoms. The third-order valence-electron chi connectivity index (χ3n) is 7.38. The van der Waals surface area contributed by atoms with Gasteiger partial charge in [0.25, 0.3) is 0 Å². The molecule has 0 atom stereocenters. The Morgan fingerprint density at radius 2 is 0.744 bits per heavy atom. The minimum atomic E-state index is -2.96. The Bertz CT molecular complexity index is 537. The molecule has 0 aromatic rings. The highest BCUT2D eigenvalue weighted by atomic mass is 32.2. The average molecular weight is 579 g/mol. The molecule has 0 heterocycles. The summed E-state index contributed by atoms with van der Waals surface area (Å²) >= 11 is 0. The molecule has 0 aliphatic heterocycles. The molecular formula is C32H66O6S. The van der Waals surface area contributed by atoms with Crippen LogP contribution in [0.2, 0.25) is 0 Å². The molecule has 7 heteroatoms. The van der Waals surface area contributed by atoms with Crippen LogP contribution in [0, 0.1) is 5.92 Å². The highest BCUT2D eigenvalue weighted by Gasteiger charge is 2.13. The fourth-order valence-corrected chi connectivity index (χ4v) is 5.59. The van der Waals surface area contributed by atoms with Gasteiger partial charge >= 0.3 is 0 Å². The van der Waals surface area contributed by atoms with Crippen LogP contribution in [-0.4, -0.2) is 74.3 Å². The van der Waals surface area contributed by atoms with Gasteiger partial charge in [-0.1, -0.05) is 103 Å². The lowest BCUT2D eigenvalue weighted by Gasteiger charge is -2.17. The largest absolute Gasteiger partial charge is 0.385 e. The van der Waals surface area contributed by atoms with Gasteiger partial charge in [0.15, 0.2) is 0 Å². The Morgan fingerprint density at radius 3 is 1.03 bits per heavy atom. The minimum absolute atomic E-state index is 0.160. The van der Waals surface area contributed by atoms with Crippen LogP contribution < -0.4 is 0 Å². The highest BCUT2D eigenvalue weighted by Crippen LogP contribution is 2.13. The molecule has 0 aliphatic rings. The van der Waals surface area contributed by atoms with Gasteiger partial charge in [0, 0.05) is 52.8 Å². The van der Waals surface area contributed by atoms with E-state index in [0.717, 1.165) is 39.3 Å². The summed E-state index contributed by atoms with van der Waals surface area (Å²) in [5.41, 5.74) is 0. The van der Waals surface area contributed by atoms with Crippen LogP contribution in [0.4, 0.5) is 0 Å². The molecule has 0 N–H and O–H groups in total. The molecule has 0 fully saturated rings. The molecule has 0 aromatic carbocycles. The molecule has 0 unspecified atom stereocenters. The zero-order chi connectivity index (χ0) is 28.7. The molecule has 0 spiro atoms. The fraction of sp³-hybridized carbons (Fsp3) is 1.00. The summed E-state index contributed by atoms with van der Waals surface area (Å²) < 4.78 is 45.3. The number of unbranched alkanes of at least 4 members (excludes halogenated alkanes) is 18. The first-order valence-corrected chi connectivity index (χ1v) is 18.4. The van der Waals surface area contributed by atoms with Crippen LogP contribution in [0.15, 0.2) is 0 Å². The zero-order valence-electron chi connectivity index (χ0n) is 26.2. The summed E-state index contributed by atoms with van der Waals surface area (Å²) in [6, 6.07) is 0. The Balaban J connectivity index is 3.69. The van der Waals surface area contributed by atoms with Crippen molar-refractivity contribution in [2.75, 3.05) is 65.9 Å². The topological polar surface area (TPSA) is 71.1 Å². The molecule has 0 amide bonds. The van der Waals surface area contributed by atoms with Gasteiger partial charge in [0.05, 0.1) is 19.0 Å². The van der Waals surface area contributed by atoms with E-state index in [9.17, 15) is 8.42 Å². The van der Waals surface area contributed by atoms with Crippen molar-refractivity contribution in [1.82, 2.24) is 0 Å². The Labute approximate surface area is 243 Å². The lowest BCUT2D eigenvalue weighted by atomic mass is 10.1. The van der Waals surface area contributed by atoms with E-state index in [1.54, 1.807) is 14.2 Å². The van der Waals surface area contributed by atoms with Gasteiger partial charge in [-0.15, -0.1) is 0 Å². The number of methoxy groups -OCH3 is 2. The molecule has 236 valence electrons. The van der Waals surface area contributed by atoms with Crippen molar-refractivity contribution < 1.29 is 27.4 Å². The first kappa shape index (κ1) is 38.8. The number of rotatable bonds is 33. The van der Waals surface area contributed by atoms with Crippen LogP contribution in [0.1, 0.15) is 135 Å². The zero-order valence-corrected chi connectivity index (χ0v) is 27.1. The SMILES string of the molecule is COCCCCCCCCCCCCOCC(CCS(C)(=O)=O)COCCCCCCCCCCCCOC. The van der Waals surface area contributed by atoms with E-state index in [2.05, 4.69) is 0 Å². The average Bonchev–Trinajstić information content (AvgIpc) is 2.91. The second-order valence-corrected chi connectivity index (χ2v) is 13.8. The van der Waals surface area contributed by atoms with Crippen molar-refractivity contribution in [1.29, 1.82) is 0 Å². The normalized spacial score (nSPS) is 12.1. The third kappa shape index (κ3) is 33.9. The maximum absolute atomic E-state index is 11.6. The van der Waals surface area contributed by atoms with Gasteiger partial charge in [0.1, 0.15) is 9.84 Å². The summed E-state index contributed by atoms with van der Waals surface area (Å²) in [6.45, 7) is 4.52. The lowest BCUT2D eigenvalue weighted by Crippen LogP contribution is -2.20. The van der Waals surface area contributed by atoms with Crippen molar-refractivity contribution in [3.05, 3.63) is 0 Å². The smallest absolute Gasteiger partial charge is 0.147 e. The number of hydrogen-bond donors (Lipinski definition) is 0. The number of hydrogen-bond acceptors (Lipinski definition) is 6. The maximum atomic E-state index is 11.6. The standard InChI is InChI=1S/C32H66O6S/c1-35-25-20-16-12-8-4-6-10-14-18-22-27-37-30-32(24-29-39(3,33)34)31-38-28-23-19-15-11-7-5-9-13-17-21-26-36-2/h32H,4-31H2,1-3H3. The summed E-state index contributed by atoms with van der Waals surface area (Å²) in [7, 11) is 0.590. The predicted molar refractivity (Wildman–Crippen MR) is 166 cm³/mol. The first-order valence-electron chi connectivity index (χ1n) is 16.3. The van der Waals surface area contributed by atoms with Gasteiger partial charge < -0.3 is 18.9 Å². The van der Waals surface area contributed by atoms with Crippen LogP contribution in [0.25, 0.3) is 0 Å². The summed E-state index contributed by atoms with van der Waals surface area (Å²) in [4.78, 5) is 0. The molecule has 0 rings (SSSR count). The van der Waals surface area contributed by atoms with Crippen LogP contribution in [0.5, 0.6) is 0 Å². The Hall–Kier alpha value is -0.210. The maximum Gasteiger partial charge on any atom is 0.147 e. The van der Waals surface area contributed by atoms with Gasteiger partial charge in [0.2, 0.25) is 0 Å². The predicted octanol–water partition coefficient (Wildman–Crippen LogP) is 8.17. The van der Waals surface area contributed by atoms with Crippen LogP contribution in [-0.2, 0) is 28.8 Å². The summed E-state index contributed by atoms with van der Waals surface area (Å²) in [5.74, 6) is 0.371. The molecule has 0 aliphatic carbocycles. The summed E-state index contributed by atoms with van der Waals surface area (Å²) in [6.07, 6.45) is 27.4. The molecular weight excluding hydrogens is 512 g/mol. The minimum Gasteiger partial charge on any atom is -0.385 e. The quantitative estimate of drug-likeness (QED) is 0.0732. The van der Waals surface area contributed by atoms with Crippen molar-refractivity contribution >= 4 is 9.84 Å². The van der Waals surface area contributed by atoms with E-state index in [1.165, 1.54) is 122 Å². The number of sulfone groups is 1. The van der Waals surface area contributed by atoms with E-state index in [0.29, 0.717) is 19.6 Å². The van der Waals surface area contributed by atoms with Crippen molar-refractivity contribution in [2.45, 2.75) is 135 Å². The van der Waals surface area contributed by atoms with E-state index in [4.69, 9.17) is 18.9 Å². The monoisotopic (exact) mass is 578 g/mol. The second-order valence-electron chi connectivity index (χ2n) is 11.5. The lowest BCUT2D eigenvalue weighted by molar-refractivity contribution is 0.0357. The number of ether oxygens (including phenoxy) is 4. The van der Waals surface area contributed by atoms with Crippen molar-refractivity contribution in [3.63, 3.8) is 0 Å². The van der Waals surface area contributed by atoms with E-state index >= 15 is 0 Å². The molecule has 0 radical (unpaired) electrons. The first-order chi connectivity index (χ1) is 19.0.